The van der Waals surface area contributed by atoms with Gasteiger partial charge in [0.2, 0.25) is 0 Å². The molecule has 1 N–H and O–H groups in total. The minimum Gasteiger partial charge on any atom is -0.507 e. The second-order valence-electron chi connectivity index (χ2n) is 7.88. The van der Waals surface area contributed by atoms with E-state index in [-0.39, 0.29) is 22.7 Å². The zero-order valence-corrected chi connectivity index (χ0v) is 20.5. The number of methoxy groups -OCH3 is 3. The highest BCUT2D eigenvalue weighted by Gasteiger charge is 2.48. The van der Waals surface area contributed by atoms with Crippen molar-refractivity contribution in [3.05, 3.63) is 64.9 Å². The van der Waals surface area contributed by atoms with Gasteiger partial charge in [0.05, 0.1) is 39.6 Å². The van der Waals surface area contributed by atoms with Gasteiger partial charge >= 0.3 is 5.91 Å². The molecular formula is C26H26N2O8. The standard InChI is InChI=1S/C26H26N2O8/c1-6-35-18-10-7-15(12-20(18)34-5)23-22(24(29)16-8-9-17(32-3)19(13-16)33-4)25(30)26(31)28(23)21-11-14(2)36-27-21/h7-13,23,29H,6H2,1-5H3/t23-/m1/s1. The number of aliphatic hydroxyl groups excluding tert-OH is 1. The lowest BCUT2D eigenvalue weighted by Crippen LogP contribution is -2.29. The Morgan fingerprint density at radius 3 is 2.25 bits per heavy atom. The van der Waals surface area contributed by atoms with Crippen LogP contribution < -0.4 is 23.8 Å². The molecule has 2 aromatic carbocycles. The third-order valence-corrected chi connectivity index (χ3v) is 5.77. The molecule has 1 atom stereocenters. The summed E-state index contributed by atoms with van der Waals surface area (Å²) in [4.78, 5) is 27.8. The monoisotopic (exact) mass is 494 g/mol. The highest BCUT2D eigenvalue weighted by Crippen LogP contribution is 2.44. The third-order valence-electron chi connectivity index (χ3n) is 5.77. The van der Waals surface area contributed by atoms with E-state index in [0.29, 0.717) is 40.9 Å². The molecule has 4 rings (SSSR count). The van der Waals surface area contributed by atoms with Crippen molar-refractivity contribution in [2.45, 2.75) is 19.9 Å². The normalized spacial score (nSPS) is 16.8. The largest absolute Gasteiger partial charge is 0.507 e. The van der Waals surface area contributed by atoms with Crippen LogP contribution in [0.15, 0.2) is 52.6 Å². The molecule has 2 heterocycles. The second-order valence-corrected chi connectivity index (χ2v) is 7.88. The van der Waals surface area contributed by atoms with Gasteiger partial charge in [0.1, 0.15) is 11.5 Å². The van der Waals surface area contributed by atoms with Gasteiger partial charge in [0.15, 0.2) is 28.8 Å². The average molecular weight is 495 g/mol. The summed E-state index contributed by atoms with van der Waals surface area (Å²) < 4.78 is 26.8. The van der Waals surface area contributed by atoms with Crippen molar-refractivity contribution in [1.82, 2.24) is 5.16 Å². The van der Waals surface area contributed by atoms with E-state index in [9.17, 15) is 14.7 Å². The third kappa shape index (κ3) is 4.21. The van der Waals surface area contributed by atoms with Crippen molar-refractivity contribution in [3.63, 3.8) is 0 Å². The molecule has 0 bridgehead atoms. The molecule has 1 amide bonds. The van der Waals surface area contributed by atoms with Crippen molar-refractivity contribution < 1.29 is 38.2 Å². The van der Waals surface area contributed by atoms with Crippen molar-refractivity contribution in [1.29, 1.82) is 0 Å². The molecule has 3 aromatic rings. The van der Waals surface area contributed by atoms with Gasteiger partial charge in [0.25, 0.3) is 5.78 Å². The molecule has 0 spiro atoms. The number of benzene rings is 2. The topological polar surface area (TPSA) is 121 Å². The van der Waals surface area contributed by atoms with Gasteiger partial charge in [0, 0.05) is 11.6 Å². The maximum Gasteiger partial charge on any atom is 0.301 e. The Bertz CT molecular complexity index is 1340. The highest BCUT2D eigenvalue weighted by atomic mass is 16.5. The summed E-state index contributed by atoms with van der Waals surface area (Å²) >= 11 is 0. The number of carbonyl (C=O) groups excluding carboxylic acids is 2. The highest BCUT2D eigenvalue weighted by molar-refractivity contribution is 6.51. The quantitative estimate of drug-likeness (QED) is 0.281. The molecule has 188 valence electrons. The number of amides is 1. The first-order chi connectivity index (χ1) is 17.3. The van der Waals surface area contributed by atoms with Gasteiger partial charge in [-0.15, -0.1) is 0 Å². The van der Waals surface area contributed by atoms with E-state index < -0.39 is 17.7 Å². The van der Waals surface area contributed by atoms with Gasteiger partial charge < -0.3 is 28.6 Å². The average Bonchev–Trinajstić information content (AvgIpc) is 3.43. The van der Waals surface area contributed by atoms with Crippen LogP contribution >= 0.6 is 0 Å². The minimum atomic E-state index is -1.02. The van der Waals surface area contributed by atoms with Crippen molar-refractivity contribution in [2.24, 2.45) is 0 Å². The lowest BCUT2D eigenvalue weighted by atomic mass is 9.95. The molecule has 1 fully saturated rings. The summed E-state index contributed by atoms with van der Waals surface area (Å²) in [5.41, 5.74) is 0.640. The molecule has 1 aromatic heterocycles. The molecule has 0 saturated carbocycles. The SMILES string of the molecule is CCOc1ccc([C@@H]2C(=C(O)c3ccc(OC)c(OC)c3)C(=O)C(=O)N2c2cc(C)on2)cc1OC. The molecule has 10 nitrogen and oxygen atoms in total. The molecule has 0 unspecified atom stereocenters. The van der Waals surface area contributed by atoms with Crippen LogP contribution in [0.5, 0.6) is 23.0 Å². The first kappa shape index (κ1) is 24.6. The Morgan fingerprint density at radius 2 is 1.64 bits per heavy atom. The zero-order chi connectivity index (χ0) is 26.0. The number of rotatable bonds is 8. The van der Waals surface area contributed by atoms with Crippen LogP contribution in [0, 0.1) is 6.92 Å². The number of hydrogen-bond donors (Lipinski definition) is 1. The summed E-state index contributed by atoms with van der Waals surface area (Å²) in [5, 5.41) is 15.3. The van der Waals surface area contributed by atoms with Gasteiger partial charge in [-0.3, -0.25) is 14.5 Å². The Morgan fingerprint density at radius 1 is 0.972 bits per heavy atom. The maximum absolute atomic E-state index is 13.3. The Balaban J connectivity index is 1.94. The number of aryl methyl sites for hydroxylation is 1. The zero-order valence-electron chi connectivity index (χ0n) is 20.5. The fourth-order valence-corrected chi connectivity index (χ4v) is 4.12. The summed E-state index contributed by atoms with van der Waals surface area (Å²) in [6, 6.07) is 10.3. The van der Waals surface area contributed by atoms with E-state index in [1.807, 2.05) is 6.92 Å². The number of ether oxygens (including phenoxy) is 4. The number of aromatic nitrogens is 1. The minimum absolute atomic E-state index is 0.126. The molecule has 36 heavy (non-hydrogen) atoms. The lowest BCUT2D eigenvalue weighted by Gasteiger charge is -2.24. The Kier molecular flexibility index (Phi) is 6.86. The lowest BCUT2D eigenvalue weighted by molar-refractivity contribution is -0.132. The molecule has 10 heteroatoms. The van der Waals surface area contributed by atoms with Gasteiger partial charge in [-0.2, -0.15) is 0 Å². The van der Waals surface area contributed by atoms with E-state index >= 15 is 0 Å². The van der Waals surface area contributed by atoms with Crippen LogP contribution in [-0.2, 0) is 9.59 Å². The van der Waals surface area contributed by atoms with E-state index in [4.69, 9.17) is 23.5 Å². The summed E-state index contributed by atoms with van der Waals surface area (Å²) in [7, 11) is 4.44. The molecule has 1 aliphatic rings. The number of anilines is 1. The van der Waals surface area contributed by atoms with Crippen LogP contribution in [0.1, 0.15) is 29.9 Å². The fraction of sp³-hybridized carbons (Fsp3) is 0.269. The van der Waals surface area contributed by atoms with Crippen LogP contribution in [0.2, 0.25) is 0 Å². The summed E-state index contributed by atoms with van der Waals surface area (Å²) in [6.45, 7) is 3.94. The van der Waals surface area contributed by atoms with Crippen LogP contribution in [-0.4, -0.2) is 49.9 Å². The summed E-state index contributed by atoms with van der Waals surface area (Å²) in [5.74, 6) is 0.176. The molecule has 1 saturated heterocycles. The first-order valence-electron chi connectivity index (χ1n) is 11.1. The fourth-order valence-electron chi connectivity index (χ4n) is 4.12. The van der Waals surface area contributed by atoms with Crippen LogP contribution in [0.25, 0.3) is 5.76 Å². The maximum atomic E-state index is 13.3. The number of hydrogen-bond acceptors (Lipinski definition) is 9. The number of carbonyl (C=O) groups is 2. The van der Waals surface area contributed by atoms with Crippen LogP contribution in [0.4, 0.5) is 5.82 Å². The van der Waals surface area contributed by atoms with Gasteiger partial charge in [-0.05, 0) is 49.7 Å². The van der Waals surface area contributed by atoms with E-state index in [0.717, 1.165) is 0 Å². The molecule has 0 radical (unpaired) electrons. The first-order valence-corrected chi connectivity index (χ1v) is 11.1. The van der Waals surface area contributed by atoms with Crippen LogP contribution in [0.3, 0.4) is 0 Å². The molecular weight excluding hydrogens is 468 g/mol. The summed E-state index contributed by atoms with van der Waals surface area (Å²) in [6.07, 6.45) is 0. The van der Waals surface area contributed by atoms with Crippen molar-refractivity contribution in [3.8, 4) is 23.0 Å². The van der Waals surface area contributed by atoms with Crippen molar-refractivity contribution >= 4 is 23.3 Å². The number of nitrogens with zero attached hydrogens (tertiary/aromatic N) is 2. The molecule has 0 aliphatic carbocycles. The van der Waals surface area contributed by atoms with E-state index in [2.05, 4.69) is 5.16 Å². The predicted octanol–water partition coefficient (Wildman–Crippen LogP) is 4.03. The van der Waals surface area contributed by atoms with Gasteiger partial charge in [-0.25, -0.2) is 0 Å². The second kappa shape index (κ2) is 10.0. The van der Waals surface area contributed by atoms with E-state index in [1.165, 1.54) is 32.3 Å². The Labute approximate surface area is 207 Å². The van der Waals surface area contributed by atoms with E-state index in [1.54, 1.807) is 43.3 Å². The smallest absolute Gasteiger partial charge is 0.301 e. The number of ketones is 1. The Hall–Kier alpha value is -4.47. The number of Topliss-reactive ketones (excluding diaryl/α,β-unsaturated/α-hetero) is 1. The van der Waals surface area contributed by atoms with Crippen molar-refractivity contribution in [2.75, 3.05) is 32.8 Å². The van der Waals surface area contributed by atoms with Gasteiger partial charge in [-0.1, -0.05) is 11.2 Å². The molecule has 1 aliphatic heterocycles. The predicted molar refractivity (Wildman–Crippen MR) is 130 cm³/mol. The number of aliphatic hydroxyl groups is 1.